The van der Waals surface area contributed by atoms with E-state index in [0.717, 1.165) is 26.1 Å². The maximum atomic E-state index is 5.76. The Morgan fingerprint density at radius 2 is 2.11 bits per heavy atom. The number of aromatic amines is 1. The lowest BCUT2D eigenvalue weighted by atomic mass is 10.1. The first-order chi connectivity index (χ1) is 8.74. The zero-order valence-electron chi connectivity index (χ0n) is 11.3. The molecule has 3 N–H and O–H groups in total. The summed E-state index contributed by atoms with van der Waals surface area (Å²) in [7, 11) is 2.17. The van der Waals surface area contributed by atoms with E-state index in [2.05, 4.69) is 54.3 Å². The molecular formula is C15H23N3. The van der Waals surface area contributed by atoms with E-state index in [1.165, 1.54) is 16.5 Å². The third-order valence-electron chi connectivity index (χ3n) is 3.60. The van der Waals surface area contributed by atoms with Gasteiger partial charge in [0.1, 0.15) is 0 Å². The van der Waals surface area contributed by atoms with Crippen LogP contribution >= 0.6 is 0 Å². The van der Waals surface area contributed by atoms with Crippen molar-refractivity contribution in [1.29, 1.82) is 0 Å². The van der Waals surface area contributed by atoms with E-state index in [4.69, 9.17) is 5.73 Å². The van der Waals surface area contributed by atoms with Crippen molar-refractivity contribution in [2.45, 2.75) is 19.9 Å². The molecule has 3 nitrogen and oxygen atoms in total. The topological polar surface area (TPSA) is 45.0 Å². The van der Waals surface area contributed by atoms with Crippen molar-refractivity contribution in [3.8, 4) is 0 Å². The SMILES string of the molecule is CCC(CN)CN(C)Cc1c[nH]c2ccccc12. The van der Waals surface area contributed by atoms with Crippen molar-refractivity contribution < 1.29 is 0 Å². The first kappa shape index (κ1) is 13.1. The Bertz CT molecular complexity index is 485. The average molecular weight is 245 g/mol. The fourth-order valence-electron chi connectivity index (χ4n) is 2.43. The van der Waals surface area contributed by atoms with Gasteiger partial charge in [-0.05, 0) is 31.1 Å². The molecule has 0 aliphatic heterocycles. The molecule has 0 saturated carbocycles. The van der Waals surface area contributed by atoms with Gasteiger partial charge >= 0.3 is 0 Å². The van der Waals surface area contributed by atoms with E-state index in [1.807, 2.05) is 0 Å². The minimum Gasteiger partial charge on any atom is -0.361 e. The predicted octanol–water partition coefficient (Wildman–Crippen LogP) is 2.58. The number of fused-ring (bicyclic) bond motifs is 1. The number of hydrogen-bond acceptors (Lipinski definition) is 2. The standard InChI is InChI=1S/C15H23N3/c1-3-12(8-16)10-18(2)11-13-9-17-15-7-5-4-6-14(13)15/h4-7,9,12,17H,3,8,10-11,16H2,1-2H3. The van der Waals surface area contributed by atoms with E-state index >= 15 is 0 Å². The zero-order valence-corrected chi connectivity index (χ0v) is 11.3. The quantitative estimate of drug-likeness (QED) is 0.821. The monoisotopic (exact) mass is 245 g/mol. The third kappa shape index (κ3) is 2.92. The van der Waals surface area contributed by atoms with Crippen molar-refractivity contribution in [3.63, 3.8) is 0 Å². The summed E-state index contributed by atoms with van der Waals surface area (Å²) in [5.74, 6) is 0.597. The van der Waals surface area contributed by atoms with Crippen LogP contribution in [0.25, 0.3) is 10.9 Å². The number of nitrogens with one attached hydrogen (secondary N) is 1. The molecule has 1 unspecified atom stereocenters. The van der Waals surface area contributed by atoms with Crippen molar-refractivity contribution in [2.24, 2.45) is 11.7 Å². The second-order valence-corrected chi connectivity index (χ2v) is 5.07. The van der Waals surface area contributed by atoms with Gasteiger partial charge in [0.05, 0.1) is 0 Å². The maximum Gasteiger partial charge on any atom is 0.0457 e. The molecule has 2 aromatic rings. The lowest BCUT2D eigenvalue weighted by Crippen LogP contribution is -2.29. The molecule has 0 aliphatic rings. The molecule has 1 heterocycles. The van der Waals surface area contributed by atoms with Gasteiger partial charge in [0.2, 0.25) is 0 Å². The number of nitrogens with zero attached hydrogens (tertiary/aromatic N) is 1. The van der Waals surface area contributed by atoms with Crippen LogP contribution < -0.4 is 5.73 Å². The highest BCUT2D eigenvalue weighted by Gasteiger charge is 2.10. The van der Waals surface area contributed by atoms with E-state index in [1.54, 1.807) is 0 Å². The maximum absolute atomic E-state index is 5.76. The second kappa shape index (κ2) is 6.03. The number of nitrogens with two attached hydrogens (primary N) is 1. The number of H-pyrrole nitrogens is 1. The normalized spacial score (nSPS) is 13.3. The molecule has 0 aliphatic carbocycles. The fraction of sp³-hybridized carbons (Fsp3) is 0.467. The molecule has 0 spiro atoms. The van der Waals surface area contributed by atoms with Gasteiger partial charge in [-0.3, -0.25) is 0 Å². The van der Waals surface area contributed by atoms with Gasteiger partial charge in [-0.1, -0.05) is 31.5 Å². The number of rotatable bonds is 6. The smallest absolute Gasteiger partial charge is 0.0457 e. The molecule has 0 bridgehead atoms. The Morgan fingerprint density at radius 3 is 2.83 bits per heavy atom. The molecule has 1 atom stereocenters. The van der Waals surface area contributed by atoms with Gasteiger partial charge in [0.25, 0.3) is 0 Å². The lowest BCUT2D eigenvalue weighted by molar-refractivity contribution is 0.268. The van der Waals surface area contributed by atoms with Gasteiger partial charge in [0, 0.05) is 30.2 Å². The minimum atomic E-state index is 0.597. The van der Waals surface area contributed by atoms with Gasteiger partial charge in [-0.2, -0.15) is 0 Å². The molecule has 3 heteroatoms. The summed E-state index contributed by atoms with van der Waals surface area (Å²) in [5.41, 5.74) is 8.34. The number of benzene rings is 1. The van der Waals surface area contributed by atoms with Crippen LogP contribution in [-0.4, -0.2) is 30.0 Å². The van der Waals surface area contributed by atoms with Crippen molar-refractivity contribution in [3.05, 3.63) is 36.0 Å². The van der Waals surface area contributed by atoms with Crippen molar-refractivity contribution in [2.75, 3.05) is 20.1 Å². The lowest BCUT2D eigenvalue weighted by Gasteiger charge is -2.21. The van der Waals surface area contributed by atoms with Crippen LogP contribution in [0.4, 0.5) is 0 Å². The first-order valence-electron chi connectivity index (χ1n) is 6.68. The molecule has 1 aromatic carbocycles. The summed E-state index contributed by atoms with van der Waals surface area (Å²) < 4.78 is 0. The summed E-state index contributed by atoms with van der Waals surface area (Å²) in [6.45, 7) is 5.01. The highest BCUT2D eigenvalue weighted by molar-refractivity contribution is 5.82. The van der Waals surface area contributed by atoms with E-state index in [-0.39, 0.29) is 0 Å². The summed E-state index contributed by atoms with van der Waals surface area (Å²) in [5, 5.41) is 1.32. The Morgan fingerprint density at radius 1 is 1.33 bits per heavy atom. The first-order valence-corrected chi connectivity index (χ1v) is 6.68. The molecule has 2 rings (SSSR count). The predicted molar refractivity (Wildman–Crippen MR) is 77.5 cm³/mol. The van der Waals surface area contributed by atoms with Gasteiger partial charge in [-0.15, -0.1) is 0 Å². The van der Waals surface area contributed by atoms with Crippen LogP contribution in [0.15, 0.2) is 30.5 Å². The summed E-state index contributed by atoms with van der Waals surface area (Å²) in [4.78, 5) is 5.68. The third-order valence-corrected chi connectivity index (χ3v) is 3.60. The van der Waals surface area contributed by atoms with Crippen molar-refractivity contribution >= 4 is 10.9 Å². The number of hydrogen-bond donors (Lipinski definition) is 2. The molecular weight excluding hydrogens is 222 g/mol. The molecule has 1 aromatic heterocycles. The molecule has 0 saturated heterocycles. The molecule has 98 valence electrons. The second-order valence-electron chi connectivity index (χ2n) is 5.07. The van der Waals surface area contributed by atoms with E-state index in [0.29, 0.717) is 5.92 Å². The highest BCUT2D eigenvalue weighted by atomic mass is 15.1. The number of aromatic nitrogens is 1. The number of para-hydroxylation sites is 1. The van der Waals surface area contributed by atoms with Gasteiger partial charge in [0.15, 0.2) is 0 Å². The minimum absolute atomic E-state index is 0.597. The van der Waals surface area contributed by atoms with Crippen molar-refractivity contribution in [1.82, 2.24) is 9.88 Å². The Labute approximate surface area is 109 Å². The van der Waals surface area contributed by atoms with E-state index < -0.39 is 0 Å². The Balaban J connectivity index is 2.04. The largest absolute Gasteiger partial charge is 0.361 e. The summed E-state index contributed by atoms with van der Waals surface area (Å²) >= 11 is 0. The fourth-order valence-corrected chi connectivity index (χ4v) is 2.43. The van der Waals surface area contributed by atoms with Crippen LogP contribution in [0.2, 0.25) is 0 Å². The van der Waals surface area contributed by atoms with Crippen LogP contribution in [0, 0.1) is 5.92 Å². The van der Waals surface area contributed by atoms with Crippen LogP contribution in [0.5, 0.6) is 0 Å². The van der Waals surface area contributed by atoms with Crippen LogP contribution in [0.1, 0.15) is 18.9 Å². The van der Waals surface area contributed by atoms with E-state index in [9.17, 15) is 0 Å². The van der Waals surface area contributed by atoms with Gasteiger partial charge in [-0.25, -0.2) is 0 Å². The Hall–Kier alpha value is -1.32. The van der Waals surface area contributed by atoms with Gasteiger partial charge < -0.3 is 15.6 Å². The van der Waals surface area contributed by atoms with Crippen LogP contribution in [0.3, 0.4) is 0 Å². The Kier molecular flexibility index (Phi) is 4.39. The molecule has 0 fully saturated rings. The average Bonchev–Trinajstić information content (AvgIpc) is 2.79. The summed E-state index contributed by atoms with van der Waals surface area (Å²) in [6, 6.07) is 8.45. The molecule has 18 heavy (non-hydrogen) atoms. The highest BCUT2D eigenvalue weighted by Crippen LogP contribution is 2.19. The summed E-state index contributed by atoms with van der Waals surface area (Å²) in [6.07, 6.45) is 3.26. The molecule has 0 amide bonds. The zero-order chi connectivity index (χ0) is 13.0. The van der Waals surface area contributed by atoms with Crippen LogP contribution in [-0.2, 0) is 6.54 Å². The molecule has 0 radical (unpaired) electrons.